The molecule has 3 rings (SSSR count). The van der Waals surface area contributed by atoms with E-state index in [1.54, 1.807) is 44.5 Å². The van der Waals surface area contributed by atoms with Gasteiger partial charge in [-0.2, -0.15) is 0 Å². The second-order valence-corrected chi connectivity index (χ2v) is 7.07. The summed E-state index contributed by atoms with van der Waals surface area (Å²) in [6.45, 7) is 3.37. The van der Waals surface area contributed by atoms with E-state index in [0.717, 1.165) is 32.1 Å². The predicted molar refractivity (Wildman–Crippen MR) is 125 cm³/mol. The molecule has 0 radical (unpaired) electrons. The Labute approximate surface area is 193 Å². The normalized spacial score (nSPS) is 15.7. The number of nitrogens with zero attached hydrogens (tertiary/aromatic N) is 6. The van der Waals surface area contributed by atoms with Gasteiger partial charge in [-0.25, -0.2) is 18.7 Å². The molecule has 30 heavy (non-hydrogen) atoms. The number of aromatic nitrogens is 2. The molecule has 1 atom stereocenters. The topological polar surface area (TPSA) is 59.9 Å². The van der Waals surface area contributed by atoms with Crippen molar-refractivity contribution in [1.82, 2.24) is 25.1 Å². The van der Waals surface area contributed by atoms with Gasteiger partial charge in [0.05, 0.1) is 6.04 Å². The van der Waals surface area contributed by atoms with Gasteiger partial charge in [0.1, 0.15) is 11.6 Å². The molecule has 10 heteroatoms. The zero-order chi connectivity index (χ0) is 20.8. The van der Waals surface area contributed by atoms with E-state index in [1.165, 1.54) is 18.2 Å². The number of likely N-dealkylation sites (N-methyl/N-ethyl adjacent to an activating group) is 1. The molecule has 1 aliphatic rings. The molecular weight excluding hydrogens is 503 g/mol. The zero-order valence-corrected chi connectivity index (χ0v) is 19.8. The SMILES string of the molecule is CN=C(NCC(c1c(F)cccc1F)N(C)C)N1CCN(c2ncccn2)CC1.I. The first-order chi connectivity index (χ1) is 14.0. The number of aliphatic imine (C=N–C) groups is 1. The number of nitrogens with one attached hydrogen (secondary N) is 1. The Morgan fingerprint density at radius 1 is 1.10 bits per heavy atom. The largest absolute Gasteiger partial charge is 0.354 e. The van der Waals surface area contributed by atoms with Gasteiger partial charge in [-0.1, -0.05) is 6.07 Å². The number of guanidine groups is 1. The first-order valence-corrected chi connectivity index (χ1v) is 9.59. The van der Waals surface area contributed by atoms with Gasteiger partial charge in [0.15, 0.2) is 5.96 Å². The summed E-state index contributed by atoms with van der Waals surface area (Å²) < 4.78 is 28.5. The van der Waals surface area contributed by atoms with Gasteiger partial charge in [-0.15, -0.1) is 24.0 Å². The van der Waals surface area contributed by atoms with E-state index in [9.17, 15) is 8.78 Å². The van der Waals surface area contributed by atoms with Crippen LogP contribution in [0.2, 0.25) is 0 Å². The molecule has 7 nitrogen and oxygen atoms in total. The molecule has 1 aliphatic heterocycles. The summed E-state index contributed by atoms with van der Waals surface area (Å²) in [4.78, 5) is 19.0. The highest BCUT2D eigenvalue weighted by Gasteiger charge is 2.25. The maximum atomic E-state index is 14.3. The van der Waals surface area contributed by atoms with Crippen LogP contribution in [-0.2, 0) is 0 Å². The molecule has 2 heterocycles. The lowest BCUT2D eigenvalue weighted by molar-refractivity contribution is 0.278. The highest BCUT2D eigenvalue weighted by atomic mass is 127. The van der Waals surface area contributed by atoms with Crippen LogP contribution in [-0.4, -0.2) is 79.6 Å². The van der Waals surface area contributed by atoms with E-state index in [-0.39, 0.29) is 29.5 Å². The van der Waals surface area contributed by atoms with Crippen molar-refractivity contribution in [3.05, 3.63) is 53.9 Å². The lowest BCUT2D eigenvalue weighted by atomic mass is 10.0. The molecule has 1 unspecified atom stereocenters. The van der Waals surface area contributed by atoms with Gasteiger partial charge >= 0.3 is 0 Å². The Morgan fingerprint density at radius 2 is 1.70 bits per heavy atom. The van der Waals surface area contributed by atoms with E-state index in [4.69, 9.17) is 0 Å². The van der Waals surface area contributed by atoms with Crippen LogP contribution in [0.1, 0.15) is 11.6 Å². The second-order valence-electron chi connectivity index (χ2n) is 7.07. The fourth-order valence-electron chi connectivity index (χ4n) is 3.46. The van der Waals surface area contributed by atoms with Crippen molar-refractivity contribution in [1.29, 1.82) is 0 Å². The van der Waals surface area contributed by atoms with Crippen LogP contribution in [0, 0.1) is 11.6 Å². The van der Waals surface area contributed by atoms with Crippen molar-refractivity contribution < 1.29 is 8.78 Å². The van der Waals surface area contributed by atoms with E-state index in [2.05, 4.69) is 30.1 Å². The minimum absolute atomic E-state index is 0. The van der Waals surface area contributed by atoms with Gasteiger partial charge in [-0.05, 0) is 32.3 Å². The van der Waals surface area contributed by atoms with Crippen molar-refractivity contribution >= 4 is 35.9 Å². The second kappa shape index (κ2) is 11.3. The van der Waals surface area contributed by atoms with E-state index < -0.39 is 17.7 Å². The molecule has 164 valence electrons. The van der Waals surface area contributed by atoms with Crippen LogP contribution < -0.4 is 10.2 Å². The number of halogens is 3. The number of piperazine rings is 1. The van der Waals surface area contributed by atoms with E-state index >= 15 is 0 Å². The van der Waals surface area contributed by atoms with Gasteiger partial charge < -0.3 is 20.0 Å². The third-order valence-electron chi connectivity index (χ3n) is 5.04. The summed E-state index contributed by atoms with van der Waals surface area (Å²) in [5, 5.41) is 3.28. The van der Waals surface area contributed by atoms with Crippen LogP contribution in [0.3, 0.4) is 0 Å². The summed E-state index contributed by atoms with van der Waals surface area (Å²) >= 11 is 0. The minimum Gasteiger partial charge on any atom is -0.354 e. The molecule has 0 aliphatic carbocycles. The van der Waals surface area contributed by atoms with Crippen LogP contribution in [0.4, 0.5) is 14.7 Å². The fourth-order valence-corrected chi connectivity index (χ4v) is 3.46. The van der Waals surface area contributed by atoms with Crippen LogP contribution in [0.25, 0.3) is 0 Å². The molecule has 0 spiro atoms. The Morgan fingerprint density at radius 3 is 2.23 bits per heavy atom. The van der Waals surface area contributed by atoms with E-state index in [1.807, 2.05) is 0 Å². The minimum atomic E-state index is -0.544. The Kier molecular flexibility index (Phi) is 9.15. The number of rotatable bonds is 5. The molecular formula is C20H28F2IN7. The average molecular weight is 531 g/mol. The van der Waals surface area contributed by atoms with Crippen LogP contribution in [0.15, 0.2) is 41.7 Å². The zero-order valence-electron chi connectivity index (χ0n) is 17.4. The molecule has 1 fully saturated rings. The van der Waals surface area contributed by atoms with Crippen molar-refractivity contribution in [3.8, 4) is 0 Å². The van der Waals surface area contributed by atoms with Gasteiger partial charge in [0, 0.05) is 57.7 Å². The van der Waals surface area contributed by atoms with Crippen LogP contribution >= 0.6 is 24.0 Å². The smallest absolute Gasteiger partial charge is 0.225 e. The molecule has 1 aromatic heterocycles. The third-order valence-corrected chi connectivity index (χ3v) is 5.04. The predicted octanol–water partition coefficient (Wildman–Crippen LogP) is 2.37. The first-order valence-electron chi connectivity index (χ1n) is 9.59. The molecule has 0 amide bonds. The number of benzene rings is 1. The number of hydrogen-bond acceptors (Lipinski definition) is 5. The summed E-state index contributed by atoms with van der Waals surface area (Å²) in [6, 6.07) is 5.28. The average Bonchev–Trinajstić information content (AvgIpc) is 2.73. The molecule has 0 saturated carbocycles. The Balaban J connectivity index is 0.00000320. The maximum Gasteiger partial charge on any atom is 0.225 e. The van der Waals surface area contributed by atoms with E-state index in [0.29, 0.717) is 12.5 Å². The molecule has 0 bridgehead atoms. The summed E-state index contributed by atoms with van der Waals surface area (Å²) in [5.74, 6) is 0.342. The lowest BCUT2D eigenvalue weighted by Gasteiger charge is -2.37. The molecule has 1 N–H and O–H groups in total. The fraction of sp³-hybridized carbons (Fsp3) is 0.450. The monoisotopic (exact) mass is 531 g/mol. The first kappa shape index (κ1) is 24.2. The molecule has 1 saturated heterocycles. The van der Waals surface area contributed by atoms with Crippen molar-refractivity contribution in [2.24, 2.45) is 4.99 Å². The Bertz CT molecular complexity index is 807. The quantitative estimate of drug-likeness (QED) is 0.364. The third kappa shape index (κ3) is 5.75. The highest BCUT2D eigenvalue weighted by molar-refractivity contribution is 14.0. The molecule has 2 aromatic rings. The van der Waals surface area contributed by atoms with Crippen molar-refractivity contribution in [2.45, 2.75) is 6.04 Å². The van der Waals surface area contributed by atoms with Gasteiger partial charge in [0.2, 0.25) is 5.95 Å². The lowest BCUT2D eigenvalue weighted by Crippen LogP contribution is -2.53. The highest BCUT2D eigenvalue weighted by Crippen LogP contribution is 2.24. The van der Waals surface area contributed by atoms with Gasteiger partial charge in [0.25, 0.3) is 0 Å². The Hall–Kier alpha value is -2.08. The standard InChI is InChI=1S/C20H27F2N7.HI/c1-23-19(28-10-12-29(13-11-28)20-24-8-5-9-25-20)26-14-17(27(2)3)18-15(21)6-4-7-16(18)22;/h4-9,17H,10-14H2,1-3H3,(H,23,26);1H. The molecule has 1 aromatic carbocycles. The van der Waals surface area contributed by atoms with Crippen molar-refractivity contribution in [3.63, 3.8) is 0 Å². The van der Waals surface area contributed by atoms with Crippen LogP contribution in [0.5, 0.6) is 0 Å². The summed E-state index contributed by atoms with van der Waals surface area (Å²) in [6.07, 6.45) is 3.47. The van der Waals surface area contributed by atoms with Crippen molar-refractivity contribution in [2.75, 3.05) is 58.8 Å². The summed E-state index contributed by atoms with van der Waals surface area (Å²) in [7, 11) is 5.32. The van der Waals surface area contributed by atoms with Gasteiger partial charge in [-0.3, -0.25) is 4.99 Å². The number of anilines is 1. The summed E-state index contributed by atoms with van der Waals surface area (Å²) in [5.41, 5.74) is 0.0616. The maximum absolute atomic E-state index is 14.3. The number of hydrogen-bond donors (Lipinski definition) is 1.